The Kier molecular flexibility index (Phi) is 10.8. The molecule has 3 aliphatic heterocycles. The highest BCUT2D eigenvalue weighted by Crippen LogP contribution is 2.42. The zero-order valence-corrected chi connectivity index (χ0v) is 28.4. The fraction of sp³-hybridized carbons (Fsp3) is 0.415. The molecule has 3 aromatic carbocycles. The van der Waals surface area contributed by atoms with Crippen LogP contribution in [0.1, 0.15) is 77.6 Å². The van der Waals surface area contributed by atoms with Crippen molar-refractivity contribution in [3.8, 4) is 11.1 Å². The number of benzene rings is 3. The number of hydrogen-bond acceptors (Lipinski definition) is 7. The highest BCUT2D eigenvalue weighted by molar-refractivity contribution is 5.93. The smallest absolute Gasteiger partial charge is 0.253 e. The van der Waals surface area contributed by atoms with Crippen LogP contribution in [-0.2, 0) is 22.6 Å². The lowest BCUT2D eigenvalue weighted by molar-refractivity contribution is -0.276. The minimum Gasteiger partial charge on any atom is -0.392 e. The van der Waals surface area contributed by atoms with Crippen LogP contribution in [0.5, 0.6) is 0 Å². The Balaban J connectivity index is 1.07. The van der Waals surface area contributed by atoms with Gasteiger partial charge in [-0.05, 0) is 91.3 Å². The van der Waals surface area contributed by atoms with Gasteiger partial charge in [0.15, 0.2) is 6.29 Å². The van der Waals surface area contributed by atoms with Gasteiger partial charge in [-0.3, -0.25) is 14.7 Å². The van der Waals surface area contributed by atoms with Crippen molar-refractivity contribution < 1.29 is 19.4 Å². The summed E-state index contributed by atoms with van der Waals surface area (Å²) >= 11 is 0. The SMILES string of the molecule is C[C@H]1[C@@H](CN2CCC[C@H]2CN2CCCC2)O[C@@H](c2ccc(-c3cccc(CNC(=O)c4cccnc4)c3)cc2)O[C@H]1c1ccc(CO)cc1. The molecule has 0 saturated carbocycles. The lowest BCUT2D eigenvalue weighted by Crippen LogP contribution is -2.48. The van der Waals surface area contributed by atoms with E-state index in [1.165, 1.54) is 38.8 Å². The number of aliphatic hydroxyl groups excluding tert-OH is 1. The van der Waals surface area contributed by atoms with Crippen LogP contribution in [0.25, 0.3) is 11.1 Å². The largest absolute Gasteiger partial charge is 0.392 e. The third kappa shape index (κ3) is 8.11. The number of ether oxygens (including phenoxy) is 2. The van der Waals surface area contributed by atoms with E-state index in [0.29, 0.717) is 18.2 Å². The molecule has 3 fully saturated rings. The van der Waals surface area contributed by atoms with Gasteiger partial charge < -0.3 is 24.8 Å². The van der Waals surface area contributed by atoms with E-state index in [1.54, 1.807) is 24.5 Å². The van der Waals surface area contributed by atoms with E-state index >= 15 is 0 Å². The number of amides is 1. The number of aromatic nitrogens is 1. The number of nitrogens with zero attached hydrogens (tertiary/aromatic N) is 3. The van der Waals surface area contributed by atoms with Gasteiger partial charge in [0, 0.05) is 49.6 Å². The first-order chi connectivity index (χ1) is 24.0. The zero-order valence-electron chi connectivity index (χ0n) is 28.4. The normalized spacial score (nSPS) is 24.7. The predicted octanol–water partition coefficient (Wildman–Crippen LogP) is 6.52. The second-order valence-corrected chi connectivity index (χ2v) is 13.9. The number of aliphatic hydroxyl groups is 1. The molecule has 0 aliphatic carbocycles. The molecule has 0 spiro atoms. The van der Waals surface area contributed by atoms with Crippen LogP contribution in [0.2, 0.25) is 0 Å². The van der Waals surface area contributed by atoms with E-state index in [9.17, 15) is 9.90 Å². The van der Waals surface area contributed by atoms with Crippen molar-refractivity contribution in [3.63, 3.8) is 0 Å². The van der Waals surface area contributed by atoms with Gasteiger partial charge in [0.25, 0.3) is 5.91 Å². The molecule has 8 heteroatoms. The highest BCUT2D eigenvalue weighted by Gasteiger charge is 2.40. The number of pyridine rings is 1. The molecular formula is C41H48N4O4. The second kappa shape index (κ2) is 15.7. The molecule has 2 N–H and O–H groups in total. The summed E-state index contributed by atoms with van der Waals surface area (Å²) in [6.07, 6.45) is 7.76. The lowest BCUT2D eigenvalue weighted by atomic mass is 9.89. The summed E-state index contributed by atoms with van der Waals surface area (Å²) in [7, 11) is 0. The zero-order chi connectivity index (χ0) is 33.6. The summed E-state index contributed by atoms with van der Waals surface area (Å²) in [5.74, 6) is 0.0161. The van der Waals surface area contributed by atoms with E-state index in [2.05, 4.69) is 75.6 Å². The Bertz CT molecular complexity index is 1660. The number of rotatable bonds is 11. The fourth-order valence-electron chi connectivity index (χ4n) is 7.64. The van der Waals surface area contributed by atoms with Gasteiger partial charge in [-0.25, -0.2) is 0 Å². The van der Waals surface area contributed by atoms with Crippen LogP contribution in [-0.4, -0.2) is 70.7 Å². The Morgan fingerprint density at radius 1 is 0.857 bits per heavy atom. The summed E-state index contributed by atoms with van der Waals surface area (Å²) in [4.78, 5) is 21.9. The van der Waals surface area contributed by atoms with Gasteiger partial charge in [-0.2, -0.15) is 0 Å². The van der Waals surface area contributed by atoms with Crippen molar-refractivity contribution in [1.29, 1.82) is 0 Å². The molecule has 1 aromatic heterocycles. The molecule has 0 unspecified atom stereocenters. The van der Waals surface area contributed by atoms with Gasteiger partial charge in [0.2, 0.25) is 0 Å². The Labute approximate surface area is 290 Å². The monoisotopic (exact) mass is 660 g/mol. The van der Waals surface area contributed by atoms with Gasteiger partial charge >= 0.3 is 0 Å². The van der Waals surface area contributed by atoms with Crippen molar-refractivity contribution >= 4 is 5.91 Å². The van der Waals surface area contributed by atoms with Crippen LogP contribution in [0.4, 0.5) is 0 Å². The van der Waals surface area contributed by atoms with Crippen LogP contribution in [0, 0.1) is 5.92 Å². The topological polar surface area (TPSA) is 87.2 Å². The first-order valence-corrected chi connectivity index (χ1v) is 17.9. The Hall–Kier alpha value is -3.92. The highest BCUT2D eigenvalue weighted by atomic mass is 16.7. The van der Waals surface area contributed by atoms with Crippen molar-refractivity contribution in [2.24, 2.45) is 5.92 Å². The molecule has 0 radical (unpaired) electrons. The maximum absolute atomic E-state index is 12.5. The average Bonchev–Trinajstić information content (AvgIpc) is 3.84. The molecule has 3 aliphatic rings. The van der Waals surface area contributed by atoms with Gasteiger partial charge in [0.1, 0.15) is 0 Å². The fourth-order valence-corrected chi connectivity index (χ4v) is 7.64. The minimum atomic E-state index is -0.494. The van der Waals surface area contributed by atoms with Crippen LogP contribution < -0.4 is 5.32 Å². The van der Waals surface area contributed by atoms with E-state index in [-0.39, 0.29) is 30.6 Å². The van der Waals surface area contributed by atoms with Gasteiger partial charge in [0.05, 0.1) is 24.4 Å². The lowest BCUT2D eigenvalue weighted by Gasteiger charge is -2.43. The summed E-state index contributed by atoms with van der Waals surface area (Å²) in [6.45, 7) is 8.34. The van der Waals surface area contributed by atoms with E-state index in [1.807, 2.05) is 24.3 Å². The average molecular weight is 661 g/mol. The first kappa shape index (κ1) is 33.6. The number of hydrogen-bond donors (Lipinski definition) is 2. The van der Waals surface area contributed by atoms with Crippen molar-refractivity contribution in [2.45, 2.75) is 70.3 Å². The molecule has 0 bridgehead atoms. The maximum atomic E-state index is 12.5. The summed E-state index contributed by atoms with van der Waals surface area (Å²) in [6, 6.07) is 29.0. The van der Waals surface area contributed by atoms with E-state index < -0.39 is 6.29 Å². The molecule has 4 heterocycles. The maximum Gasteiger partial charge on any atom is 0.253 e. The third-order valence-electron chi connectivity index (χ3n) is 10.5. The van der Waals surface area contributed by atoms with Crippen LogP contribution in [0.15, 0.2) is 97.3 Å². The minimum absolute atomic E-state index is 0.0127. The van der Waals surface area contributed by atoms with Gasteiger partial charge in [-0.1, -0.05) is 73.7 Å². The van der Waals surface area contributed by atoms with Crippen LogP contribution in [0.3, 0.4) is 0 Å². The predicted molar refractivity (Wildman–Crippen MR) is 191 cm³/mol. The first-order valence-electron chi connectivity index (χ1n) is 17.9. The molecule has 7 rings (SSSR count). The second-order valence-electron chi connectivity index (χ2n) is 13.9. The van der Waals surface area contributed by atoms with Crippen LogP contribution >= 0.6 is 0 Å². The van der Waals surface area contributed by atoms with E-state index in [4.69, 9.17) is 9.47 Å². The summed E-state index contributed by atoms with van der Waals surface area (Å²) in [5.41, 5.74) is 6.74. The van der Waals surface area contributed by atoms with E-state index in [0.717, 1.165) is 53.0 Å². The van der Waals surface area contributed by atoms with Crippen molar-refractivity contribution in [1.82, 2.24) is 20.1 Å². The summed E-state index contributed by atoms with van der Waals surface area (Å²) < 4.78 is 13.6. The van der Waals surface area contributed by atoms with Gasteiger partial charge in [-0.15, -0.1) is 0 Å². The molecule has 256 valence electrons. The molecule has 4 aromatic rings. The molecule has 49 heavy (non-hydrogen) atoms. The molecule has 5 atom stereocenters. The molecule has 1 amide bonds. The molecular weight excluding hydrogens is 612 g/mol. The van der Waals surface area contributed by atoms with Crippen molar-refractivity contribution in [3.05, 3.63) is 125 Å². The number of nitrogens with one attached hydrogen (secondary N) is 1. The number of carbonyl (C=O) groups is 1. The Morgan fingerprint density at radius 3 is 2.41 bits per heavy atom. The third-order valence-corrected chi connectivity index (χ3v) is 10.5. The summed E-state index contributed by atoms with van der Waals surface area (Å²) in [5, 5.41) is 12.6. The standard InChI is InChI=1S/C41H48N4O4/c1-29-38(27-45-22-6-10-37(45)26-44-20-2-3-21-44)48-41(49-39(29)33-13-11-30(28-46)12-14-33)34-17-15-32(16-18-34)35-8-4-7-31(23-35)24-43-40(47)36-9-5-19-42-25-36/h4-5,7-9,11-19,23,25,29,37-39,41,46H,2-3,6,10,20-22,24,26-28H2,1H3,(H,43,47)/t29-,37-,38+,39+,41+/m0/s1. The quantitative estimate of drug-likeness (QED) is 0.189. The molecule has 3 saturated heterocycles. The Morgan fingerprint density at radius 2 is 1.65 bits per heavy atom. The molecule has 8 nitrogen and oxygen atoms in total. The van der Waals surface area contributed by atoms with Crippen molar-refractivity contribution in [2.75, 3.05) is 32.7 Å². The number of likely N-dealkylation sites (tertiary alicyclic amines) is 2. The number of carbonyl (C=O) groups excluding carboxylic acids is 1.